The van der Waals surface area contributed by atoms with Crippen molar-refractivity contribution in [3.05, 3.63) is 41.2 Å². The minimum atomic E-state index is 0.909. The van der Waals surface area contributed by atoms with Crippen molar-refractivity contribution in [1.29, 1.82) is 0 Å². The molecule has 0 aliphatic heterocycles. The zero-order chi connectivity index (χ0) is 11.8. The Labute approximate surface area is 103 Å². The molecule has 0 aliphatic rings. The Morgan fingerprint density at radius 2 is 1.76 bits per heavy atom. The van der Waals surface area contributed by atoms with Crippen molar-refractivity contribution in [2.45, 2.75) is 13.8 Å². The second kappa shape index (κ2) is 3.89. The SMILES string of the molecule is Cc1nc(C)c(-c2cnc3ccccc3n2)s1. The molecular formula is C13H11N3S. The third-order valence-corrected chi connectivity index (χ3v) is 3.68. The number of aromatic nitrogens is 3. The van der Waals surface area contributed by atoms with Gasteiger partial charge in [-0.1, -0.05) is 12.1 Å². The van der Waals surface area contributed by atoms with Gasteiger partial charge in [-0.25, -0.2) is 9.97 Å². The minimum Gasteiger partial charge on any atom is -0.252 e. The van der Waals surface area contributed by atoms with E-state index in [0.29, 0.717) is 0 Å². The quantitative estimate of drug-likeness (QED) is 0.655. The predicted octanol–water partition coefficient (Wildman–Crippen LogP) is 3.37. The van der Waals surface area contributed by atoms with Gasteiger partial charge < -0.3 is 0 Å². The van der Waals surface area contributed by atoms with Crippen molar-refractivity contribution < 1.29 is 0 Å². The fourth-order valence-corrected chi connectivity index (χ4v) is 2.71. The standard InChI is InChI=1S/C13H11N3S/c1-8-13(17-9(2)15-8)12-7-14-10-5-3-4-6-11(10)16-12/h3-7H,1-2H3. The molecule has 3 aromatic rings. The van der Waals surface area contributed by atoms with Crippen molar-refractivity contribution in [1.82, 2.24) is 15.0 Å². The van der Waals surface area contributed by atoms with Crippen LogP contribution in [-0.4, -0.2) is 15.0 Å². The molecule has 0 aliphatic carbocycles. The Morgan fingerprint density at radius 3 is 2.47 bits per heavy atom. The predicted molar refractivity (Wildman–Crippen MR) is 70.1 cm³/mol. The number of para-hydroxylation sites is 2. The zero-order valence-corrected chi connectivity index (χ0v) is 10.5. The topological polar surface area (TPSA) is 38.7 Å². The van der Waals surface area contributed by atoms with Crippen LogP contribution in [-0.2, 0) is 0 Å². The molecule has 3 nitrogen and oxygen atoms in total. The zero-order valence-electron chi connectivity index (χ0n) is 9.64. The van der Waals surface area contributed by atoms with Gasteiger partial charge in [-0.15, -0.1) is 11.3 Å². The number of benzene rings is 1. The van der Waals surface area contributed by atoms with Gasteiger partial charge in [-0.05, 0) is 26.0 Å². The molecule has 17 heavy (non-hydrogen) atoms. The lowest BCUT2D eigenvalue weighted by Gasteiger charge is -2.00. The highest BCUT2D eigenvalue weighted by Gasteiger charge is 2.09. The van der Waals surface area contributed by atoms with Crippen LogP contribution in [0.5, 0.6) is 0 Å². The van der Waals surface area contributed by atoms with E-state index in [1.807, 2.05) is 44.3 Å². The molecule has 0 radical (unpaired) electrons. The number of rotatable bonds is 1. The molecule has 1 aromatic carbocycles. The van der Waals surface area contributed by atoms with E-state index in [0.717, 1.165) is 32.3 Å². The molecule has 2 heterocycles. The number of hydrogen-bond acceptors (Lipinski definition) is 4. The van der Waals surface area contributed by atoms with Crippen LogP contribution in [0.15, 0.2) is 30.5 Å². The lowest BCUT2D eigenvalue weighted by atomic mass is 10.2. The number of fused-ring (bicyclic) bond motifs is 1. The summed E-state index contributed by atoms with van der Waals surface area (Å²) in [6, 6.07) is 7.90. The Bertz CT molecular complexity index is 688. The van der Waals surface area contributed by atoms with E-state index in [2.05, 4.69) is 15.0 Å². The summed E-state index contributed by atoms with van der Waals surface area (Å²) in [4.78, 5) is 14.6. The summed E-state index contributed by atoms with van der Waals surface area (Å²) in [6.45, 7) is 4.02. The third-order valence-electron chi connectivity index (χ3n) is 2.58. The van der Waals surface area contributed by atoms with Crippen molar-refractivity contribution in [3.8, 4) is 10.6 Å². The molecule has 0 atom stereocenters. The molecule has 0 saturated heterocycles. The highest BCUT2D eigenvalue weighted by Crippen LogP contribution is 2.28. The highest BCUT2D eigenvalue weighted by molar-refractivity contribution is 7.15. The fourth-order valence-electron chi connectivity index (χ4n) is 1.84. The first-order valence-corrected chi connectivity index (χ1v) is 6.22. The van der Waals surface area contributed by atoms with Crippen LogP contribution >= 0.6 is 11.3 Å². The molecule has 4 heteroatoms. The van der Waals surface area contributed by atoms with Crippen LogP contribution < -0.4 is 0 Å². The van der Waals surface area contributed by atoms with Gasteiger partial charge in [0, 0.05) is 0 Å². The molecule has 0 amide bonds. The van der Waals surface area contributed by atoms with Crippen LogP contribution in [0.2, 0.25) is 0 Å². The van der Waals surface area contributed by atoms with Gasteiger partial charge in [0.1, 0.15) is 5.69 Å². The molecule has 0 unspecified atom stereocenters. The fraction of sp³-hybridized carbons (Fsp3) is 0.154. The van der Waals surface area contributed by atoms with Crippen molar-refractivity contribution in [2.24, 2.45) is 0 Å². The molecule has 0 N–H and O–H groups in total. The van der Waals surface area contributed by atoms with Crippen LogP contribution in [0.3, 0.4) is 0 Å². The number of nitrogens with zero attached hydrogens (tertiary/aromatic N) is 3. The monoisotopic (exact) mass is 241 g/mol. The van der Waals surface area contributed by atoms with E-state index in [1.165, 1.54) is 0 Å². The maximum atomic E-state index is 4.63. The summed E-state index contributed by atoms with van der Waals surface area (Å²) in [6.07, 6.45) is 1.82. The first kappa shape index (κ1) is 10.4. The Kier molecular flexibility index (Phi) is 2.37. The smallest absolute Gasteiger partial charge is 0.101 e. The number of thiazole rings is 1. The van der Waals surface area contributed by atoms with Crippen LogP contribution in [0.1, 0.15) is 10.7 Å². The number of hydrogen-bond donors (Lipinski definition) is 0. The summed E-state index contributed by atoms with van der Waals surface area (Å²) >= 11 is 1.66. The average molecular weight is 241 g/mol. The first-order chi connectivity index (χ1) is 8.24. The molecule has 3 rings (SSSR count). The van der Waals surface area contributed by atoms with E-state index in [4.69, 9.17) is 0 Å². The van der Waals surface area contributed by atoms with Crippen molar-refractivity contribution in [2.75, 3.05) is 0 Å². The molecule has 0 fully saturated rings. The molecule has 2 aromatic heterocycles. The second-order valence-electron chi connectivity index (χ2n) is 3.89. The normalized spacial score (nSPS) is 10.9. The molecule has 0 spiro atoms. The Balaban J connectivity index is 2.21. The molecule has 0 saturated carbocycles. The summed E-state index contributed by atoms with van der Waals surface area (Å²) in [5.41, 5.74) is 3.79. The van der Waals surface area contributed by atoms with Gasteiger partial charge >= 0.3 is 0 Å². The van der Waals surface area contributed by atoms with Gasteiger partial charge in [0.05, 0.1) is 32.8 Å². The number of aryl methyl sites for hydroxylation is 2. The van der Waals surface area contributed by atoms with Gasteiger partial charge in [-0.3, -0.25) is 4.98 Å². The van der Waals surface area contributed by atoms with E-state index >= 15 is 0 Å². The summed E-state index contributed by atoms with van der Waals surface area (Å²) < 4.78 is 0. The summed E-state index contributed by atoms with van der Waals surface area (Å²) in [5, 5.41) is 1.06. The minimum absolute atomic E-state index is 0.909. The maximum absolute atomic E-state index is 4.63. The first-order valence-electron chi connectivity index (χ1n) is 5.40. The van der Waals surface area contributed by atoms with E-state index in [1.54, 1.807) is 11.3 Å². The average Bonchev–Trinajstić information content (AvgIpc) is 2.68. The Morgan fingerprint density at radius 1 is 1.00 bits per heavy atom. The summed E-state index contributed by atoms with van der Waals surface area (Å²) in [5.74, 6) is 0. The van der Waals surface area contributed by atoms with Crippen molar-refractivity contribution >= 4 is 22.4 Å². The van der Waals surface area contributed by atoms with Gasteiger partial charge in [-0.2, -0.15) is 0 Å². The molecule has 0 bridgehead atoms. The van der Waals surface area contributed by atoms with Gasteiger partial charge in [0.15, 0.2) is 0 Å². The summed E-state index contributed by atoms with van der Waals surface area (Å²) in [7, 11) is 0. The van der Waals surface area contributed by atoms with Gasteiger partial charge in [0.2, 0.25) is 0 Å². The highest BCUT2D eigenvalue weighted by atomic mass is 32.1. The third kappa shape index (κ3) is 1.80. The largest absolute Gasteiger partial charge is 0.252 e. The van der Waals surface area contributed by atoms with Crippen molar-refractivity contribution in [3.63, 3.8) is 0 Å². The molecular weight excluding hydrogens is 230 g/mol. The lowest BCUT2D eigenvalue weighted by Crippen LogP contribution is -1.87. The van der Waals surface area contributed by atoms with E-state index in [-0.39, 0.29) is 0 Å². The second-order valence-corrected chi connectivity index (χ2v) is 5.09. The van der Waals surface area contributed by atoms with Gasteiger partial charge in [0.25, 0.3) is 0 Å². The van der Waals surface area contributed by atoms with Crippen LogP contribution in [0, 0.1) is 13.8 Å². The van der Waals surface area contributed by atoms with Crippen LogP contribution in [0.4, 0.5) is 0 Å². The lowest BCUT2D eigenvalue weighted by molar-refractivity contribution is 1.19. The Hall–Kier alpha value is -1.81. The van der Waals surface area contributed by atoms with E-state index < -0.39 is 0 Å². The maximum Gasteiger partial charge on any atom is 0.101 e. The molecule has 84 valence electrons. The van der Waals surface area contributed by atoms with E-state index in [9.17, 15) is 0 Å². The van der Waals surface area contributed by atoms with Crippen LogP contribution in [0.25, 0.3) is 21.6 Å².